The number of carbonyl (C=O) groups excluding carboxylic acids is 2. The Morgan fingerprint density at radius 3 is 2.22 bits per heavy atom. The van der Waals surface area contributed by atoms with Crippen LogP contribution in [0.3, 0.4) is 0 Å². The number of rotatable bonds is 1. The number of likely N-dealkylation sites (N-methyl/N-ethyl adjacent to an activating group) is 1. The Balaban J connectivity index is 1.88. The zero-order valence-electron chi connectivity index (χ0n) is 11.2. The summed E-state index contributed by atoms with van der Waals surface area (Å²) in [6.45, 7) is 6.78. The minimum absolute atomic E-state index is 0.0531. The molecule has 2 saturated heterocycles. The largest absolute Gasteiger partial charge is 0.339 e. The van der Waals surface area contributed by atoms with E-state index in [9.17, 15) is 9.59 Å². The maximum Gasteiger partial charge on any atom is 0.241 e. The molecule has 102 valence electrons. The Hall–Kier alpha value is -1.14. The lowest BCUT2D eigenvalue weighted by Gasteiger charge is -2.39. The van der Waals surface area contributed by atoms with Crippen molar-refractivity contribution in [1.29, 1.82) is 0 Å². The molecule has 18 heavy (non-hydrogen) atoms. The fraction of sp³-hybridized carbons (Fsp3) is 0.833. The van der Waals surface area contributed by atoms with Gasteiger partial charge in [-0.25, -0.2) is 0 Å². The Morgan fingerprint density at radius 2 is 1.67 bits per heavy atom. The molecule has 2 heterocycles. The summed E-state index contributed by atoms with van der Waals surface area (Å²) in [7, 11) is 2.00. The highest BCUT2D eigenvalue weighted by Gasteiger charge is 2.31. The van der Waals surface area contributed by atoms with Crippen molar-refractivity contribution in [3.05, 3.63) is 0 Å². The summed E-state index contributed by atoms with van der Waals surface area (Å²) in [6.07, 6.45) is 0. The highest BCUT2D eigenvalue weighted by Crippen LogP contribution is 2.08. The van der Waals surface area contributed by atoms with Crippen molar-refractivity contribution in [1.82, 2.24) is 20.0 Å². The Bertz CT molecular complexity index is 326. The fourth-order valence-electron chi connectivity index (χ4n) is 2.53. The molecule has 0 spiro atoms. The van der Waals surface area contributed by atoms with Crippen molar-refractivity contribution in [2.24, 2.45) is 0 Å². The van der Waals surface area contributed by atoms with Crippen molar-refractivity contribution in [3.63, 3.8) is 0 Å². The molecule has 0 radical (unpaired) electrons. The molecule has 0 aromatic carbocycles. The molecule has 6 heteroatoms. The number of carbonyl (C=O) groups is 2. The van der Waals surface area contributed by atoms with E-state index in [-0.39, 0.29) is 17.9 Å². The van der Waals surface area contributed by atoms with Gasteiger partial charge in [-0.1, -0.05) is 0 Å². The van der Waals surface area contributed by atoms with Crippen LogP contribution in [0.5, 0.6) is 0 Å². The summed E-state index contributed by atoms with van der Waals surface area (Å²) in [5, 5.41) is 3.26. The minimum atomic E-state index is -0.0531. The minimum Gasteiger partial charge on any atom is -0.339 e. The van der Waals surface area contributed by atoms with Gasteiger partial charge in [0.2, 0.25) is 11.8 Å². The molecule has 1 N–H and O–H groups in total. The van der Waals surface area contributed by atoms with Gasteiger partial charge in [-0.2, -0.15) is 0 Å². The number of nitrogens with zero attached hydrogens (tertiary/aromatic N) is 3. The summed E-state index contributed by atoms with van der Waals surface area (Å²) in [5.74, 6) is 0.284. The van der Waals surface area contributed by atoms with E-state index in [0.29, 0.717) is 26.2 Å². The highest BCUT2D eigenvalue weighted by atomic mass is 16.2. The molecule has 1 unspecified atom stereocenters. The molecule has 2 fully saturated rings. The third-order valence-corrected chi connectivity index (χ3v) is 3.83. The monoisotopic (exact) mass is 254 g/mol. The van der Waals surface area contributed by atoms with E-state index in [2.05, 4.69) is 10.2 Å². The fourth-order valence-corrected chi connectivity index (χ4v) is 2.53. The predicted molar refractivity (Wildman–Crippen MR) is 68.1 cm³/mol. The molecule has 0 saturated carbocycles. The summed E-state index contributed by atoms with van der Waals surface area (Å²) in [6, 6.07) is -0.0531. The lowest BCUT2D eigenvalue weighted by Crippen LogP contribution is -2.60. The molecule has 2 aliphatic heterocycles. The molecule has 0 bridgehead atoms. The first kappa shape index (κ1) is 13.3. The molecule has 0 aromatic rings. The number of nitrogens with one attached hydrogen (secondary N) is 1. The van der Waals surface area contributed by atoms with Crippen LogP contribution < -0.4 is 5.32 Å². The van der Waals surface area contributed by atoms with Crippen LogP contribution in [0.2, 0.25) is 0 Å². The number of amides is 2. The summed E-state index contributed by atoms with van der Waals surface area (Å²) < 4.78 is 0. The van der Waals surface area contributed by atoms with E-state index in [1.54, 1.807) is 11.8 Å². The lowest BCUT2D eigenvalue weighted by molar-refractivity contribution is -0.142. The number of hydrogen-bond donors (Lipinski definition) is 1. The second-order valence-corrected chi connectivity index (χ2v) is 5.03. The van der Waals surface area contributed by atoms with Gasteiger partial charge < -0.3 is 15.1 Å². The van der Waals surface area contributed by atoms with Crippen LogP contribution in [0.4, 0.5) is 0 Å². The van der Waals surface area contributed by atoms with Crippen LogP contribution in [0.15, 0.2) is 0 Å². The van der Waals surface area contributed by atoms with Crippen LogP contribution in [0.1, 0.15) is 6.92 Å². The molecular formula is C12H22N4O2. The molecule has 2 aliphatic rings. The molecule has 0 aromatic heterocycles. The van der Waals surface area contributed by atoms with Crippen LogP contribution in [-0.2, 0) is 9.59 Å². The molecular weight excluding hydrogens is 232 g/mol. The van der Waals surface area contributed by atoms with Gasteiger partial charge in [0.25, 0.3) is 0 Å². The first-order chi connectivity index (χ1) is 8.59. The van der Waals surface area contributed by atoms with Crippen LogP contribution in [0, 0.1) is 0 Å². The molecule has 1 atom stereocenters. The first-order valence-corrected chi connectivity index (χ1v) is 6.55. The number of piperazine rings is 2. The van der Waals surface area contributed by atoms with Gasteiger partial charge in [-0.15, -0.1) is 0 Å². The van der Waals surface area contributed by atoms with Crippen molar-refractivity contribution in [2.75, 3.05) is 52.9 Å². The summed E-state index contributed by atoms with van der Waals surface area (Å²) in [4.78, 5) is 29.4. The van der Waals surface area contributed by atoms with Gasteiger partial charge in [0.05, 0.1) is 0 Å². The van der Waals surface area contributed by atoms with E-state index in [0.717, 1.165) is 19.6 Å². The van der Waals surface area contributed by atoms with Gasteiger partial charge in [0.15, 0.2) is 0 Å². The van der Waals surface area contributed by atoms with E-state index >= 15 is 0 Å². The second kappa shape index (κ2) is 5.67. The molecule has 0 aliphatic carbocycles. The van der Waals surface area contributed by atoms with E-state index in [4.69, 9.17) is 0 Å². The van der Waals surface area contributed by atoms with E-state index < -0.39 is 0 Å². The Morgan fingerprint density at radius 1 is 1.06 bits per heavy atom. The molecule has 2 rings (SSSR count). The van der Waals surface area contributed by atoms with Gasteiger partial charge in [-0.05, 0) is 7.05 Å². The second-order valence-electron chi connectivity index (χ2n) is 5.03. The normalized spacial score (nSPS) is 26.2. The van der Waals surface area contributed by atoms with Crippen molar-refractivity contribution in [2.45, 2.75) is 13.0 Å². The van der Waals surface area contributed by atoms with Crippen LogP contribution in [0.25, 0.3) is 0 Å². The first-order valence-electron chi connectivity index (χ1n) is 6.55. The highest BCUT2D eigenvalue weighted by molar-refractivity contribution is 5.82. The quantitative estimate of drug-likeness (QED) is 0.624. The topological polar surface area (TPSA) is 55.9 Å². The molecule has 6 nitrogen and oxygen atoms in total. The third-order valence-electron chi connectivity index (χ3n) is 3.83. The lowest BCUT2D eigenvalue weighted by atomic mass is 10.1. The van der Waals surface area contributed by atoms with Crippen LogP contribution >= 0.6 is 0 Å². The maximum absolute atomic E-state index is 12.4. The summed E-state index contributed by atoms with van der Waals surface area (Å²) in [5.41, 5.74) is 0. The van der Waals surface area contributed by atoms with E-state index in [1.165, 1.54) is 0 Å². The van der Waals surface area contributed by atoms with Gasteiger partial charge in [-0.3, -0.25) is 14.5 Å². The number of hydrogen-bond acceptors (Lipinski definition) is 4. The van der Waals surface area contributed by atoms with Crippen molar-refractivity contribution < 1.29 is 9.59 Å². The maximum atomic E-state index is 12.4. The SMILES string of the molecule is CC(=O)N1CCN(C(=O)C2CNCCN2C)CC1. The van der Waals surface area contributed by atoms with Crippen molar-refractivity contribution in [3.8, 4) is 0 Å². The third kappa shape index (κ3) is 2.81. The van der Waals surface area contributed by atoms with Crippen LogP contribution in [-0.4, -0.2) is 85.4 Å². The molecule has 2 amide bonds. The predicted octanol–water partition coefficient (Wildman–Crippen LogP) is -1.42. The summed E-state index contributed by atoms with van der Waals surface area (Å²) >= 11 is 0. The average Bonchev–Trinajstić information content (AvgIpc) is 2.38. The van der Waals surface area contributed by atoms with Crippen molar-refractivity contribution >= 4 is 11.8 Å². The Kier molecular flexibility index (Phi) is 4.19. The van der Waals surface area contributed by atoms with Gasteiger partial charge in [0.1, 0.15) is 6.04 Å². The van der Waals surface area contributed by atoms with Gasteiger partial charge >= 0.3 is 0 Å². The average molecular weight is 254 g/mol. The van der Waals surface area contributed by atoms with Gasteiger partial charge in [0, 0.05) is 52.7 Å². The zero-order valence-corrected chi connectivity index (χ0v) is 11.2. The zero-order chi connectivity index (χ0) is 13.1. The Labute approximate surface area is 108 Å². The smallest absolute Gasteiger partial charge is 0.241 e. The van der Waals surface area contributed by atoms with E-state index in [1.807, 2.05) is 11.9 Å². The standard InChI is InChI=1S/C12H22N4O2/c1-10(17)15-5-7-16(8-6-15)12(18)11-9-13-3-4-14(11)2/h11,13H,3-9H2,1-2H3.